The average Bonchev–Trinajstić information content (AvgIpc) is 2.53. The van der Waals surface area contributed by atoms with E-state index >= 15 is 0 Å². The summed E-state index contributed by atoms with van der Waals surface area (Å²) in [4.78, 5) is 16.2. The minimum Gasteiger partial charge on any atom is -0.497 e. The number of pyridine rings is 1. The van der Waals surface area contributed by atoms with E-state index in [4.69, 9.17) is 22.1 Å². The summed E-state index contributed by atoms with van der Waals surface area (Å²) in [6, 6.07) is 5.92. The zero-order valence-corrected chi connectivity index (χ0v) is 15.8. The number of halogens is 2. The Morgan fingerprint density at radius 2 is 2.04 bits per heavy atom. The van der Waals surface area contributed by atoms with E-state index in [-0.39, 0.29) is 40.3 Å². The summed E-state index contributed by atoms with van der Waals surface area (Å²) in [6.45, 7) is -0.0234. The molecule has 0 unspecified atom stereocenters. The van der Waals surface area contributed by atoms with Crippen LogP contribution in [0.3, 0.4) is 0 Å². The van der Waals surface area contributed by atoms with Gasteiger partial charge in [-0.15, -0.1) is 12.4 Å². The van der Waals surface area contributed by atoms with Crippen LogP contribution in [0.4, 0.5) is 5.82 Å². The molecule has 2 aromatic rings. The Labute approximate surface area is 156 Å². The molecule has 7 nitrogen and oxygen atoms in total. The fourth-order valence-corrected chi connectivity index (χ4v) is 3.17. The van der Waals surface area contributed by atoms with Crippen molar-refractivity contribution in [1.29, 1.82) is 0 Å². The zero-order valence-electron chi connectivity index (χ0n) is 13.4. The van der Waals surface area contributed by atoms with Gasteiger partial charge in [0.15, 0.2) is 9.84 Å². The van der Waals surface area contributed by atoms with Crippen molar-refractivity contribution in [2.75, 3.05) is 19.1 Å². The molecule has 0 radical (unpaired) electrons. The fourth-order valence-electron chi connectivity index (χ4n) is 2.09. The first-order valence-corrected chi connectivity index (χ1v) is 9.05. The largest absolute Gasteiger partial charge is 0.497 e. The number of carbonyl (C=O) groups excluding carboxylic acids is 1. The van der Waals surface area contributed by atoms with Crippen LogP contribution in [0.1, 0.15) is 15.9 Å². The molecule has 25 heavy (non-hydrogen) atoms. The Bertz CT molecular complexity index is 888. The van der Waals surface area contributed by atoms with Crippen molar-refractivity contribution >= 4 is 45.6 Å². The Hall–Kier alpha value is -2.03. The summed E-state index contributed by atoms with van der Waals surface area (Å²) in [5.41, 5.74) is 6.18. The van der Waals surface area contributed by atoms with E-state index in [9.17, 15) is 13.2 Å². The standard InChI is InChI=1S/C15H16ClN3O4S.ClH/c1-23-11-3-4-13(24(2,21)22)9(5-11)7-19-15(20)12-6-10(16)8-18-14(12)17;/h3-6,8H,7H2,1-2H3,(H2,17,18)(H,19,20);1H. The molecule has 0 bridgehead atoms. The zero-order chi connectivity index (χ0) is 17.9. The summed E-state index contributed by atoms with van der Waals surface area (Å²) in [6.07, 6.45) is 2.43. The highest BCUT2D eigenvalue weighted by molar-refractivity contribution is 7.90. The number of nitrogen functional groups attached to an aromatic ring is 1. The third-order valence-electron chi connectivity index (χ3n) is 3.24. The van der Waals surface area contributed by atoms with E-state index in [0.717, 1.165) is 6.26 Å². The normalized spacial score (nSPS) is 10.7. The highest BCUT2D eigenvalue weighted by Gasteiger charge is 2.16. The molecule has 0 atom stereocenters. The topological polar surface area (TPSA) is 111 Å². The molecule has 0 fully saturated rings. The average molecular weight is 406 g/mol. The SMILES string of the molecule is COc1ccc(S(C)(=O)=O)c(CNC(=O)c2cc(Cl)cnc2N)c1.Cl. The van der Waals surface area contributed by atoms with Crippen molar-refractivity contribution in [2.45, 2.75) is 11.4 Å². The van der Waals surface area contributed by atoms with Crippen LogP contribution in [0.15, 0.2) is 35.4 Å². The second-order valence-corrected chi connectivity index (χ2v) is 7.44. The van der Waals surface area contributed by atoms with E-state index in [1.165, 1.54) is 25.4 Å². The number of nitrogens with one attached hydrogen (secondary N) is 1. The molecule has 1 heterocycles. The molecule has 0 saturated heterocycles. The lowest BCUT2D eigenvalue weighted by Gasteiger charge is -2.12. The summed E-state index contributed by atoms with van der Waals surface area (Å²) >= 11 is 5.81. The summed E-state index contributed by atoms with van der Waals surface area (Å²) in [5.74, 6) is 0.00577. The van der Waals surface area contributed by atoms with Gasteiger partial charge in [-0.25, -0.2) is 13.4 Å². The van der Waals surface area contributed by atoms with Crippen LogP contribution in [-0.2, 0) is 16.4 Å². The predicted octanol–water partition coefficient (Wildman–Crippen LogP) is 2.08. The third-order valence-corrected chi connectivity index (χ3v) is 4.64. The second kappa shape index (κ2) is 8.37. The molecule has 0 aliphatic carbocycles. The van der Waals surface area contributed by atoms with Crippen molar-refractivity contribution < 1.29 is 17.9 Å². The van der Waals surface area contributed by atoms with Gasteiger partial charge in [0.05, 0.1) is 22.6 Å². The molecule has 0 aliphatic rings. The number of ether oxygens (including phenoxy) is 1. The first kappa shape index (κ1) is 21.0. The van der Waals surface area contributed by atoms with Crippen molar-refractivity contribution in [3.63, 3.8) is 0 Å². The number of amides is 1. The number of carbonyl (C=O) groups is 1. The van der Waals surface area contributed by atoms with Gasteiger partial charge in [-0.3, -0.25) is 4.79 Å². The second-order valence-electron chi connectivity index (χ2n) is 5.01. The Kier molecular flexibility index (Phi) is 7.04. The highest BCUT2D eigenvalue weighted by atomic mass is 35.5. The van der Waals surface area contributed by atoms with Gasteiger partial charge in [0.1, 0.15) is 11.6 Å². The number of methoxy groups -OCH3 is 1. The summed E-state index contributed by atoms with van der Waals surface area (Å²) in [5, 5.41) is 2.88. The lowest BCUT2D eigenvalue weighted by Crippen LogP contribution is -2.25. The first-order valence-electron chi connectivity index (χ1n) is 6.78. The number of hydrogen-bond acceptors (Lipinski definition) is 6. The molecule has 136 valence electrons. The third kappa shape index (κ3) is 5.22. The summed E-state index contributed by atoms with van der Waals surface area (Å²) in [7, 11) is -1.98. The number of sulfone groups is 1. The lowest BCUT2D eigenvalue weighted by molar-refractivity contribution is 0.0951. The molecule has 0 saturated carbocycles. The van der Waals surface area contributed by atoms with Crippen LogP contribution >= 0.6 is 24.0 Å². The van der Waals surface area contributed by atoms with Crippen LogP contribution in [0, 0.1) is 0 Å². The Balaban J connectivity index is 0.00000312. The minimum absolute atomic E-state index is 0. The van der Waals surface area contributed by atoms with Crippen molar-refractivity contribution in [3.8, 4) is 5.75 Å². The fraction of sp³-hybridized carbons (Fsp3) is 0.200. The first-order chi connectivity index (χ1) is 11.2. The van der Waals surface area contributed by atoms with Crippen molar-refractivity contribution in [2.24, 2.45) is 0 Å². The van der Waals surface area contributed by atoms with E-state index in [1.807, 2.05) is 0 Å². The molecule has 1 aromatic carbocycles. The molecule has 10 heteroatoms. The number of aromatic nitrogens is 1. The highest BCUT2D eigenvalue weighted by Crippen LogP contribution is 2.22. The van der Waals surface area contributed by atoms with E-state index < -0.39 is 15.7 Å². The maximum absolute atomic E-state index is 12.2. The lowest BCUT2D eigenvalue weighted by atomic mass is 10.2. The van der Waals surface area contributed by atoms with E-state index in [0.29, 0.717) is 11.3 Å². The summed E-state index contributed by atoms with van der Waals surface area (Å²) < 4.78 is 28.8. The molecule has 3 N–H and O–H groups in total. The van der Waals surface area contributed by atoms with Crippen molar-refractivity contribution in [1.82, 2.24) is 10.3 Å². The van der Waals surface area contributed by atoms with Crippen LogP contribution in [0.5, 0.6) is 5.75 Å². The van der Waals surface area contributed by atoms with Gasteiger partial charge >= 0.3 is 0 Å². The molecule has 1 aromatic heterocycles. The monoisotopic (exact) mass is 405 g/mol. The van der Waals surface area contributed by atoms with E-state index in [1.54, 1.807) is 12.1 Å². The maximum atomic E-state index is 12.2. The van der Waals surface area contributed by atoms with Gasteiger partial charge in [0.2, 0.25) is 0 Å². The molecule has 1 amide bonds. The number of nitrogens with zero attached hydrogens (tertiary/aromatic N) is 1. The van der Waals surface area contributed by atoms with Crippen LogP contribution in [-0.4, -0.2) is 32.7 Å². The minimum atomic E-state index is -3.45. The Morgan fingerprint density at radius 1 is 1.36 bits per heavy atom. The molecular formula is C15H17Cl2N3O4S. The molecule has 2 rings (SSSR count). The van der Waals surface area contributed by atoms with Gasteiger partial charge in [0, 0.05) is 19.0 Å². The smallest absolute Gasteiger partial charge is 0.255 e. The van der Waals surface area contributed by atoms with Gasteiger partial charge in [-0.1, -0.05) is 11.6 Å². The number of nitrogens with two attached hydrogens (primary N) is 1. The van der Waals surface area contributed by atoms with Crippen LogP contribution in [0.2, 0.25) is 5.02 Å². The molecule has 0 spiro atoms. The van der Waals surface area contributed by atoms with Crippen LogP contribution in [0.25, 0.3) is 0 Å². The predicted molar refractivity (Wildman–Crippen MR) is 98.2 cm³/mol. The number of rotatable bonds is 5. The van der Waals surface area contributed by atoms with Gasteiger partial charge in [0.25, 0.3) is 5.91 Å². The number of anilines is 1. The number of hydrogen-bond donors (Lipinski definition) is 2. The van der Waals surface area contributed by atoms with Gasteiger partial charge in [-0.05, 0) is 29.8 Å². The van der Waals surface area contributed by atoms with Gasteiger partial charge < -0.3 is 15.8 Å². The Morgan fingerprint density at radius 3 is 2.64 bits per heavy atom. The van der Waals surface area contributed by atoms with Crippen molar-refractivity contribution in [3.05, 3.63) is 46.6 Å². The molecular weight excluding hydrogens is 389 g/mol. The quantitative estimate of drug-likeness (QED) is 0.787. The maximum Gasteiger partial charge on any atom is 0.255 e. The van der Waals surface area contributed by atoms with Gasteiger partial charge in [-0.2, -0.15) is 0 Å². The number of benzene rings is 1. The van der Waals surface area contributed by atoms with E-state index in [2.05, 4.69) is 10.3 Å². The molecule has 0 aliphatic heterocycles. The van der Waals surface area contributed by atoms with Crippen LogP contribution < -0.4 is 15.8 Å².